The second-order valence-electron chi connectivity index (χ2n) is 10.1. The molecule has 6 heteroatoms. The molecule has 0 radical (unpaired) electrons. The van der Waals surface area contributed by atoms with Gasteiger partial charge in [-0.05, 0) is 48.9 Å². The molecule has 0 spiro atoms. The van der Waals surface area contributed by atoms with Crippen molar-refractivity contribution in [1.82, 2.24) is 15.3 Å². The maximum atomic E-state index is 13.1. The number of anilines is 2. The van der Waals surface area contributed by atoms with Gasteiger partial charge < -0.3 is 15.5 Å². The summed E-state index contributed by atoms with van der Waals surface area (Å²) in [4.78, 5) is 24.7. The minimum absolute atomic E-state index is 0.0522. The van der Waals surface area contributed by atoms with Gasteiger partial charge in [-0.1, -0.05) is 72.8 Å². The summed E-state index contributed by atoms with van der Waals surface area (Å²) in [6, 6.07) is 29.2. The molecule has 190 valence electrons. The predicted molar refractivity (Wildman–Crippen MR) is 151 cm³/mol. The summed E-state index contributed by atoms with van der Waals surface area (Å²) in [7, 11) is 4.01. The van der Waals surface area contributed by atoms with Crippen molar-refractivity contribution < 1.29 is 4.79 Å². The van der Waals surface area contributed by atoms with Gasteiger partial charge in [-0.2, -0.15) is 4.98 Å². The summed E-state index contributed by atoms with van der Waals surface area (Å²) >= 11 is 0. The molecule has 3 aromatic carbocycles. The molecule has 6 nitrogen and oxygen atoms in total. The van der Waals surface area contributed by atoms with Crippen LogP contribution in [0.25, 0.3) is 10.9 Å². The first-order valence-corrected chi connectivity index (χ1v) is 13.2. The SMILES string of the molecule is CN(C)c1nc(N[C@H]2CC[C@@H](NC(=O)CC(c3ccccc3)c3ccccc3)CC2)nc2ccccc12. The topological polar surface area (TPSA) is 70.2 Å². The van der Waals surface area contributed by atoms with E-state index in [0.29, 0.717) is 18.4 Å². The van der Waals surface area contributed by atoms with Gasteiger partial charge in [-0.15, -0.1) is 0 Å². The third-order valence-electron chi connectivity index (χ3n) is 7.23. The Balaban J connectivity index is 1.18. The van der Waals surface area contributed by atoms with Gasteiger partial charge in [0.05, 0.1) is 5.52 Å². The maximum Gasteiger partial charge on any atom is 0.225 e. The Bertz CT molecular complexity index is 1280. The van der Waals surface area contributed by atoms with E-state index in [2.05, 4.69) is 41.0 Å². The maximum absolute atomic E-state index is 13.1. The van der Waals surface area contributed by atoms with Gasteiger partial charge in [0, 0.05) is 43.9 Å². The number of amides is 1. The highest BCUT2D eigenvalue weighted by Gasteiger charge is 2.25. The normalized spacial score (nSPS) is 17.5. The molecule has 1 aromatic heterocycles. The monoisotopic (exact) mass is 493 g/mol. The molecule has 1 heterocycles. The number of nitrogens with one attached hydrogen (secondary N) is 2. The molecule has 2 N–H and O–H groups in total. The highest BCUT2D eigenvalue weighted by Crippen LogP contribution is 2.29. The van der Waals surface area contributed by atoms with Crippen molar-refractivity contribution in [3.63, 3.8) is 0 Å². The molecule has 1 aliphatic carbocycles. The van der Waals surface area contributed by atoms with E-state index in [9.17, 15) is 4.79 Å². The fourth-order valence-corrected chi connectivity index (χ4v) is 5.30. The number of hydrogen-bond donors (Lipinski definition) is 2. The van der Waals surface area contributed by atoms with E-state index in [1.807, 2.05) is 73.6 Å². The number of benzene rings is 3. The van der Waals surface area contributed by atoms with Gasteiger partial charge in [0.1, 0.15) is 5.82 Å². The average molecular weight is 494 g/mol. The number of carbonyl (C=O) groups excluding carboxylic acids is 1. The molecule has 37 heavy (non-hydrogen) atoms. The summed E-state index contributed by atoms with van der Waals surface area (Å²) in [5.74, 6) is 1.75. The molecule has 0 aliphatic heterocycles. The molecule has 0 atom stereocenters. The second kappa shape index (κ2) is 11.4. The van der Waals surface area contributed by atoms with Crippen LogP contribution in [0.3, 0.4) is 0 Å². The second-order valence-corrected chi connectivity index (χ2v) is 10.1. The molecule has 0 unspecified atom stereocenters. The number of rotatable bonds is 8. The number of fused-ring (bicyclic) bond motifs is 1. The van der Waals surface area contributed by atoms with E-state index in [1.54, 1.807) is 0 Å². The van der Waals surface area contributed by atoms with Crippen LogP contribution in [-0.2, 0) is 4.79 Å². The lowest BCUT2D eigenvalue weighted by Gasteiger charge is -2.30. The largest absolute Gasteiger partial charge is 0.362 e. The molecule has 0 bridgehead atoms. The molecular weight excluding hydrogens is 458 g/mol. The Labute approximate surface area is 219 Å². The lowest BCUT2D eigenvalue weighted by atomic mass is 9.87. The van der Waals surface area contributed by atoms with Crippen LogP contribution < -0.4 is 15.5 Å². The first kappa shape index (κ1) is 24.8. The zero-order chi connectivity index (χ0) is 25.6. The van der Waals surface area contributed by atoms with Crippen molar-refractivity contribution in [2.24, 2.45) is 0 Å². The van der Waals surface area contributed by atoms with E-state index in [-0.39, 0.29) is 17.9 Å². The zero-order valence-electron chi connectivity index (χ0n) is 21.6. The van der Waals surface area contributed by atoms with Gasteiger partial charge >= 0.3 is 0 Å². The minimum Gasteiger partial charge on any atom is -0.362 e. The minimum atomic E-state index is 0.0522. The Kier molecular flexibility index (Phi) is 7.64. The Morgan fingerprint density at radius 3 is 2.00 bits per heavy atom. The third-order valence-corrected chi connectivity index (χ3v) is 7.23. The van der Waals surface area contributed by atoms with E-state index in [4.69, 9.17) is 9.97 Å². The fraction of sp³-hybridized carbons (Fsp3) is 0.323. The van der Waals surface area contributed by atoms with Gasteiger partial charge in [-0.25, -0.2) is 4.98 Å². The predicted octanol–water partition coefficient (Wildman–Crippen LogP) is 5.76. The summed E-state index contributed by atoms with van der Waals surface area (Å²) in [5, 5.41) is 7.92. The van der Waals surface area contributed by atoms with Crippen LogP contribution in [0.2, 0.25) is 0 Å². The number of nitrogens with zero attached hydrogens (tertiary/aromatic N) is 3. The summed E-state index contributed by atoms with van der Waals surface area (Å²) in [6.45, 7) is 0. The zero-order valence-corrected chi connectivity index (χ0v) is 21.6. The highest BCUT2D eigenvalue weighted by atomic mass is 16.1. The molecule has 1 amide bonds. The number of para-hydroxylation sites is 1. The van der Waals surface area contributed by atoms with E-state index in [0.717, 1.165) is 42.4 Å². The highest BCUT2D eigenvalue weighted by molar-refractivity contribution is 5.90. The lowest BCUT2D eigenvalue weighted by molar-refractivity contribution is -0.122. The molecule has 4 aromatic rings. The standard InChI is InChI=1S/C31H35N5O/c1-36(2)30-26-15-9-10-16-28(26)34-31(35-30)33-25-19-17-24(18-20-25)32-29(37)21-27(22-11-5-3-6-12-22)23-13-7-4-8-14-23/h3-16,24-25,27H,17-21H2,1-2H3,(H,32,37)(H,33,34,35)/t24-,25+. The number of carbonyl (C=O) groups is 1. The summed E-state index contributed by atoms with van der Waals surface area (Å²) in [6.07, 6.45) is 4.28. The Hall–Kier alpha value is -3.93. The van der Waals surface area contributed by atoms with E-state index >= 15 is 0 Å². The van der Waals surface area contributed by atoms with Crippen LogP contribution in [0.15, 0.2) is 84.9 Å². The quantitative estimate of drug-likeness (QED) is 0.327. The van der Waals surface area contributed by atoms with Gasteiger partial charge in [0.2, 0.25) is 11.9 Å². The third kappa shape index (κ3) is 6.08. The van der Waals surface area contributed by atoms with Gasteiger partial charge in [0.15, 0.2) is 0 Å². The summed E-state index contributed by atoms with van der Waals surface area (Å²) in [5.41, 5.74) is 3.28. The van der Waals surface area contributed by atoms with E-state index < -0.39 is 0 Å². The van der Waals surface area contributed by atoms with Crippen LogP contribution >= 0.6 is 0 Å². The average Bonchev–Trinajstić information content (AvgIpc) is 2.93. The lowest BCUT2D eigenvalue weighted by Crippen LogP contribution is -2.40. The van der Waals surface area contributed by atoms with Crippen LogP contribution in [0.5, 0.6) is 0 Å². The number of hydrogen-bond acceptors (Lipinski definition) is 5. The molecule has 1 aliphatic rings. The van der Waals surface area contributed by atoms with Gasteiger partial charge in [-0.3, -0.25) is 4.79 Å². The van der Waals surface area contributed by atoms with E-state index in [1.165, 1.54) is 11.1 Å². The van der Waals surface area contributed by atoms with Crippen LogP contribution in [0.4, 0.5) is 11.8 Å². The fourth-order valence-electron chi connectivity index (χ4n) is 5.30. The molecular formula is C31H35N5O. The molecule has 1 fully saturated rings. The van der Waals surface area contributed by atoms with Crippen molar-refractivity contribution in [1.29, 1.82) is 0 Å². The van der Waals surface area contributed by atoms with Gasteiger partial charge in [0.25, 0.3) is 0 Å². The Morgan fingerprint density at radius 2 is 1.38 bits per heavy atom. The molecule has 0 saturated heterocycles. The Morgan fingerprint density at radius 1 is 0.811 bits per heavy atom. The van der Waals surface area contributed by atoms with Crippen LogP contribution in [0, 0.1) is 0 Å². The van der Waals surface area contributed by atoms with Crippen LogP contribution in [0.1, 0.15) is 49.1 Å². The smallest absolute Gasteiger partial charge is 0.225 e. The number of aromatic nitrogens is 2. The molecule has 5 rings (SSSR count). The van der Waals surface area contributed by atoms with Crippen molar-refractivity contribution in [3.05, 3.63) is 96.1 Å². The van der Waals surface area contributed by atoms with Crippen molar-refractivity contribution >= 4 is 28.6 Å². The summed E-state index contributed by atoms with van der Waals surface area (Å²) < 4.78 is 0. The van der Waals surface area contributed by atoms with Crippen LogP contribution in [-0.4, -0.2) is 42.1 Å². The van der Waals surface area contributed by atoms with Crippen molar-refractivity contribution in [3.8, 4) is 0 Å². The van der Waals surface area contributed by atoms with Crippen molar-refractivity contribution in [2.45, 2.75) is 50.1 Å². The first-order chi connectivity index (χ1) is 18.1. The first-order valence-electron chi connectivity index (χ1n) is 13.2. The molecule has 1 saturated carbocycles. The van der Waals surface area contributed by atoms with Crippen molar-refractivity contribution in [2.75, 3.05) is 24.3 Å².